The third-order valence-corrected chi connectivity index (χ3v) is 4.10. The second-order valence-electron chi connectivity index (χ2n) is 6.38. The van der Waals surface area contributed by atoms with Crippen molar-refractivity contribution in [3.05, 3.63) is 63.7 Å². The molecule has 0 aliphatic carbocycles. The highest BCUT2D eigenvalue weighted by Crippen LogP contribution is 2.30. The number of nitro groups is 1. The number of hydrogen-bond donors (Lipinski definition) is 1. The third kappa shape index (κ3) is 5.99. The van der Waals surface area contributed by atoms with Crippen LogP contribution in [0.5, 0.6) is 11.5 Å². The maximum atomic E-state index is 11.9. The number of hydrogen-bond acceptors (Lipinski definition) is 5. The standard InChI is InChI=1S/C20H24N2O5/c1-14(2)16-6-4-15(5-7-16)10-11-21-20(23)13-27-19-9-8-17(26-3)12-18(19)22(24)25/h4-9,12,14H,10-11,13H2,1-3H3,(H,21,23). The van der Waals surface area contributed by atoms with E-state index in [4.69, 9.17) is 9.47 Å². The van der Waals surface area contributed by atoms with Crippen LogP contribution in [0, 0.1) is 10.1 Å². The van der Waals surface area contributed by atoms with E-state index >= 15 is 0 Å². The molecule has 7 nitrogen and oxygen atoms in total. The van der Waals surface area contributed by atoms with E-state index in [1.807, 2.05) is 0 Å². The molecule has 0 unspecified atom stereocenters. The van der Waals surface area contributed by atoms with Gasteiger partial charge >= 0.3 is 5.69 Å². The molecule has 0 aliphatic rings. The first-order valence-electron chi connectivity index (χ1n) is 8.71. The van der Waals surface area contributed by atoms with Gasteiger partial charge in [-0.15, -0.1) is 0 Å². The monoisotopic (exact) mass is 372 g/mol. The highest BCUT2D eigenvalue weighted by Gasteiger charge is 2.17. The molecule has 1 N–H and O–H groups in total. The van der Waals surface area contributed by atoms with Gasteiger partial charge in [-0.3, -0.25) is 14.9 Å². The highest BCUT2D eigenvalue weighted by molar-refractivity contribution is 5.77. The molecule has 0 saturated heterocycles. The van der Waals surface area contributed by atoms with Crippen LogP contribution >= 0.6 is 0 Å². The molecule has 0 radical (unpaired) electrons. The molecule has 7 heteroatoms. The van der Waals surface area contributed by atoms with Gasteiger partial charge in [-0.2, -0.15) is 0 Å². The molecule has 27 heavy (non-hydrogen) atoms. The van der Waals surface area contributed by atoms with Gasteiger partial charge in [0.2, 0.25) is 0 Å². The number of rotatable bonds is 9. The molecule has 0 saturated carbocycles. The molecule has 0 atom stereocenters. The first-order valence-corrected chi connectivity index (χ1v) is 8.71. The Balaban J connectivity index is 1.82. The van der Waals surface area contributed by atoms with Crippen LogP contribution < -0.4 is 14.8 Å². The zero-order chi connectivity index (χ0) is 19.8. The summed E-state index contributed by atoms with van der Waals surface area (Å²) in [6, 6.07) is 12.5. The molecule has 144 valence electrons. The Morgan fingerprint density at radius 3 is 2.48 bits per heavy atom. The lowest BCUT2D eigenvalue weighted by Crippen LogP contribution is -2.30. The average molecular weight is 372 g/mol. The van der Waals surface area contributed by atoms with Crippen molar-refractivity contribution in [3.8, 4) is 11.5 Å². The Bertz CT molecular complexity index is 787. The fourth-order valence-electron chi connectivity index (χ4n) is 2.50. The summed E-state index contributed by atoms with van der Waals surface area (Å²) in [7, 11) is 1.42. The SMILES string of the molecule is COc1ccc(OCC(=O)NCCc2ccc(C(C)C)cc2)c([N+](=O)[O-])c1. The van der Waals surface area contributed by atoms with E-state index in [1.54, 1.807) is 6.07 Å². The number of methoxy groups -OCH3 is 1. The molecule has 0 aromatic heterocycles. The van der Waals surface area contributed by atoms with E-state index in [-0.39, 0.29) is 24.0 Å². The van der Waals surface area contributed by atoms with Gasteiger partial charge in [0.25, 0.3) is 5.91 Å². The Labute approximate surface area is 158 Å². The molecule has 0 bridgehead atoms. The van der Waals surface area contributed by atoms with Crippen LogP contribution in [0.25, 0.3) is 0 Å². The van der Waals surface area contributed by atoms with Gasteiger partial charge in [0.1, 0.15) is 5.75 Å². The summed E-state index contributed by atoms with van der Waals surface area (Å²) in [5, 5.41) is 13.9. The van der Waals surface area contributed by atoms with E-state index in [1.165, 1.54) is 24.8 Å². The summed E-state index contributed by atoms with van der Waals surface area (Å²) < 4.78 is 10.3. The van der Waals surface area contributed by atoms with Crippen LogP contribution in [0.2, 0.25) is 0 Å². The van der Waals surface area contributed by atoms with E-state index in [9.17, 15) is 14.9 Å². The summed E-state index contributed by atoms with van der Waals surface area (Å²) in [5.41, 5.74) is 2.16. The van der Waals surface area contributed by atoms with Crippen LogP contribution in [0.4, 0.5) is 5.69 Å². The quantitative estimate of drug-likeness (QED) is 0.538. The van der Waals surface area contributed by atoms with Crippen LogP contribution in [-0.4, -0.2) is 31.1 Å². The van der Waals surface area contributed by atoms with Crippen molar-refractivity contribution in [1.29, 1.82) is 0 Å². The number of ether oxygens (including phenoxy) is 2. The Hall–Kier alpha value is -3.09. The number of benzene rings is 2. The Morgan fingerprint density at radius 2 is 1.89 bits per heavy atom. The average Bonchev–Trinajstić information content (AvgIpc) is 2.66. The van der Waals surface area contributed by atoms with Crippen molar-refractivity contribution in [2.75, 3.05) is 20.3 Å². The first kappa shape index (κ1) is 20.2. The number of nitrogens with zero attached hydrogens (tertiary/aromatic N) is 1. The summed E-state index contributed by atoms with van der Waals surface area (Å²) in [6.45, 7) is 4.46. The first-order chi connectivity index (χ1) is 12.9. The zero-order valence-corrected chi connectivity index (χ0v) is 15.7. The van der Waals surface area contributed by atoms with Gasteiger partial charge in [-0.25, -0.2) is 0 Å². The number of nitrogens with one attached hydrogen (secondary N) is 1. The summed E-state index contributed by atoms with van der Waals surface area (Å²) in [4.78, 5) is 22.4. The summed E-state index contributed by atoms with van der Waals surface area (Å²) in [6.07, 6.45) is 0.701. The molecule has 0 aliphatic heterocycles. The minimum atomic E-state index is -0.573. The second kappa shape index (κ2) is 9.56. The fraction of sp³-hybridized carbons (Fsp3) is 0.350. The molecule has 2 rings (SSSR count). The van der Waals surface area contributed by atoms with Crippen LogP contribution in [0.3, 0.4) is 0 Å². The Morgan fingerprint density at radius 1 is 1.19 bits per heavy atom. The minimum absolute atomic E-state index is 0.0280. The number of carbonyl (C=O) groups is 1. The van der Waals surface area contributed by atoms with Gasteiger partial charge < -0.3 is 14.8 Å². The summed E-state index contributed by atoms with van der Waals surface area (Å²) >= 11 is 0. The molecule has 0 fully saturated rings. The van der Waals surface area contributed by atoms with E-state index in [0.717, 1.165) is 5.56 Å². The third-order valence-electron chi connectivity index (χ3n) is 4.10. The maximum Gasteiger partial charge on any atom is 0.314 e. The van der Waals surface area contributed by atoms with Crippen molar-refractivity contribution in [2.45, 2.75) is 26.2 Å². The Kier molecular flexibility index (Phi) is 7.16. The van der Waals surface area contributed by atoms with Gasteiger partial charge in [0, 0.05) is 6.54 Å². The minimum Gasteiger partial charge on any atom is -0.496 e. The van der Waals surface area contributed by atoms with Crippen molar-refractivity contribution in [2.24, 2.45) is 0 Å². The van der Waals surface area contributed by atoms with Crippen LogP contribution in [0.15, 0.2) is 42.5 Å². The van der Waals surface area contributed by atoms with Crippen molar-refractivity contribution in [1.82, 2.24) is 5.32 Å². The van der Waals surface area contributed by atoms with Gasteiger partial charge in [0.05, 0.1) is 18.1 Å². The molecule has 2 aromatic carbocycles. The van der Waals surface area contributed by atoms with Gasteiger partial charge in [-0.05, 0) is 35.6 Å². The smallest absolute Gasteiger partial charge is 0.314 e. The van der Waals surface area contributed by atoms with Crippen molar-refractivity contribution in [3.63, 3.8) is 0 Å². The maximum absolute atomic E-state index is 11.9. The molecule has 0 spiro atoms. The van der Waals surface area contributed by atoms with Crippen molar-refractivity contribution < 1.29 is 19.2 Å². The molecule has 2 aromatic rings. The topological polar surface area (TPSA) is 90.7 Å². The summed E-state index contributed by atoms with van der Waals surface area (Å²) in [5.74, 6) is 0.527. The zero-order valence-electron chi connectivity index (χ0n) is 15.7. The van der Waals surface area contributed by atoms with E-state index < -0.39 is 4.92 Å². The molecular formula is C20H24N2O5. The van der Waals surface area contributed by atoms with Crippen molar-refractivity contribution >= 4 is 11.6 Å². The second-order valence-corrected chi connectivity index (χ2v) is 6.38. The number of nitro benzene ring substituents is 1. The fourth-order valence-corrected chi connectivity index (χ4v) is 2.50. The van der Waals surface area contributed by atoms with E-state index in [2.05, 4.69) is 43.4 Å². The van der Waals surface area contributed by atoms with Gasteiger partial charge in [-0.1, -0.05) is 38.1 Å². The largest absolute Gasteiger partial charge is 0.496 e. The van der Waals surface area contributed by atoms with Crippen LogP contribution in [0.1, 0.15) is 30.9 Å². The molecular weight excluding hydrogens is 348 g/mol. The molecule has 0 heterocycles. The predicted molar refractivity (Wildman–Crippen MR) is 102 cm³/mol. The lowest BCUT2D eigenvalue weighted by Gasteiger charge is -2.09. The van der Waals surface area contributed by atoms with Crippen LogP contribution in [-0.2, 0) is 11.2 Å². The molecule has 1 amide bonds. The lowest BCUT2D eigenvalue weighted by atomic mass is 10.0. The normalized spacial score (nSPS) is 10.5. The number of amides is 1. The van der Waals surface area contributed by atoms with Gasteiger partial charge in [0.15, 0.2) is 12.4 Å². The predicted octanol–water partition coefficient (Wildman–Crippen LogP) is 3.46. The lowest BCUT2D eigenvalue weighted by molar-refractivity contribution is -0.385. The number of carbonyl (C=O) groups excluding carboxylic acids is 1. The van der Waals surface area contributed by atoms with E-state index in [0.29, 0.717) is 24.6 Å². The highest BCUT2D eigenvalue weighted by atomic mass is 16.6.